The molecule has 2 N–H and O–H groups in total. The number of thioether (sulfide) groups is 1. The minimum Gasteiger partial charge on any atom is -0.394 e. The molecular weight excluding hydrogens is 503 g/mol. The van der Waals surface area contributed by atoms with Crippen LogP contribution in [0.4, 0.5) is 4.39 Å². The van der Waals surface area contributed by atoms with Gasteiger partial charge in [-0.1, -0.05) is 29.1 Å². The molecule has 0 aliphatic carbocycles. The molecule has 0 radical (unpaired) electrons. The molecule has 32 heavy (non-hydrogen) atoms. The largest absolute Gasteiger partial charge is 0.394 e. The fourth-order valence-corrected chi connectivity index (χ4v) is 5.31. The molecule has 1 aromatic carbocycles. The second-order valence-corrected chi connectivity index (χ2v) is 9.50. The third kappa shape index (κ3) is 4.73. The molecule has 0 spiro atoms. The number of hydrogen-bond acceptors (Lipinski definition) is 8. The van der Waals surface area contributed by atoms with Crippen molar-refractivity contribution in [1.82, 2.24) is 20.0 Å². The number of methoxy groups -OCH3 is 1. The molecule has 1 fully saturated rings. The smallest absolute Gasteiger partial charge is 0.136 e. The van der Waals surface area contributed by atoms with Crippen LogP contribution < -0.4 is 0 Å². The lowest BCUT2D eigenvalue weighted by molar-refractivity contribution is -0.186. The van der Waals surface area contributed by atoms with E-state index in [1.807, 2.05) is 6.07 Å². The highest BCUT2D eigenvalue weighted by molar-refractivity contribution is 9.10. The Balaban J connectivity index is 1.66. The Hall–Kier alpha value is -1.89. The Labute approximate surface area is 196 Å². The van der Waals surface area contributed by atoms with E-state index in [0.717, 1.165) is 9.37 Å². The predicted octanol–water partition coefficient (Wildman–Crippen LogP) is 2.98. The summed E-state index contributed by atoms with van der Waals surface area (Å²) in [4.78, 5) is 4.99. The van der Waals surface area contributed by atoms with Gasteiger partial charge in [0.15, 0.2) is 0 Å². The molecule has 2 aromatic heterocycles. The number of aryl methyl sites for hydroxylation is 1. The fourth-order valence-electron chi connectivity index (χ4n) is 3.61. The first-order chi connectivity index (χ1) is 15.4. The average Bonchev–Trinajstić information content (AvgIpc) is 3.26. The van der Waals surface area contributed by atoms with Crippen molar-refractivity contribution in [2.24, 2.45) is 0 Å². The molecule has 170 valence electrons. The molecule has 0 amide bonds. The van der Waals surface area contributed by atoms with E-state index in [1.165, 1.54) is 29.6 Å². The summed E-state index contributed by atoms with van der Waals surface area (Å²) >= 11 is 4.76. The minimum atomic E-state index is -1.10. The second-order valence-electron chi connectivity index (χ2n) is 7.41. The van der Waals surface area contributed by atoms with E-state index in [9.17, 15) is 14.6 Å². The summed E-state index contributed by atoms with van der Waals surface area (Å²) in [6, 6.07) is 6.02. The number of hydrogen-bond donors (Lipinski definition) is 2. The molecule has 1 saturated heterocycles. The standard InChI is InChI=1S/C21H22BrFN4O4S/c1-11-3-4-12(5-15(11)23)16-9-27(26-25-16)18-19(29)17(10-28)31-21(20(18)30-2)32-14-6-13(22)7-24-8-14/h3-9,17-21,28-29H,10H2,1-2H3. The van der Waals surface area contributed by atoms with Crippen LogP contribution in [0.3, 0.4) is 0 Å². The van der Waals surface area contributed by atoms with Crippen LogP contribution >= 0.6 is 27.7 Å². The maximum atomic E-state index is 14.0. The minimum absolute atomic E-state index is 0.336. The van der Waals surface area contributed by atoms with E-state index in [2.05, 4.69) is 31.2 Å². The fraction of sp³-hybridized carbons (Fsp3) is 0.381. The number of rotatable bonds is 6. The molecule has 3 heterocycles. The first-order valence-corrected chi connectivity index (χ1v) is 11.5. The van der Waals surface area contributed by atoms with Gasteiger partial charge in [0.1, 0.15) is 41.3 Å². The predicted molar refractivity (Wildman–Crippen MR) is 120 cm³/mol. The highest BCUT2D eigenvalue weighted by atomic mass is 79.9. The SMILES string of the molecule is COC1C(Sc2cncc(Br)c2)OC(CO)C(O)C1n1cc(-c2ccc(C)c(F)c2)nn1. The summed E-state index contributed by atoms with van der Waals surface area (Å²) in [5.74, 6) is -0.336. The topological polar surface area (TPSA) is 103 Å². The van der Waals surface area contributed by atoms with Gasteiger partial charge >= 0.3 is 0 Å². The van der Waals surface area contributed by atoms with Gasteiger partial charge < -0.3 is 19.7 Å². The average molecular weight is 525 g/mol. The van der Waals surface area contributed by atoms with Crippen LogP contribution in [0.1, 0.15) is 11.6 Å². The molecule has 1 aliphatic heterocycles. The highest BCUT2D eigenvalue weighted by Gasteiger charge is 2.47. The van der Waals surface area contributed by atoms with Gasteiger partial charge in [0.05, 0.1) is 12.8 Å². The number of pyridine rings is 1. The molecule has 5 unspecified atom stereocenters. The quantitative estimate of drug-likeness (QED) is 0.507. The lowest BCUT2D eigenvalue weighted by Gasteiger charge is -2.43. The van der Waals surface area contributed by atoms with Crippen LogP contribution in [0.25, 0.3) is 11.3 Å². The van der Waals surface area contributed by atoms with E-state index in [-0.39, 0.29) is 12.4 Å². The zero-order chi connectivity index (χ0) is 22.8. The van der Waals surface area contributed by atoms with Crippen LogP contribution in [0, 0.1) is 12.7 Å². The first-order valence-electron chi connectivity index (χ1n) is 9.84. The van der Waals surface area contributed by atoms with E-state index in [1.54, 1.807) is 37.6 Å². The Morgan fingerprint density at radius 2 is 2.12 bits per heavy atom. The zero-order valence-corrected chi connectivity index (χ0v) is 19.7. The Morgan fingerprint density at radius 1 is 1.31 bits per heavy atom. The Bertz CT molecular complexity index is 1090. The van der Waals surface area contributed by atoms with E-state index < -0.39 is 29.8 Å². The molecule has 0 saturated carbocycles. The van der Waals surface area contributed by atoms with Crippen molar-refractivity contribution in [2.75, 3.05) is 13.7 Å². The summed E-state index contributed by atoms with van der Waals surface area (Å²) in [7, 11) is 1.52. The first kappa shape index (κ1) is 23.3. The molecule has 5 atom stereocenters. The van der Waals surface area contributed by atoms with E-state index >= 15 is 0 Å². The monoisotopic (exact) mass is 524 g/mol. The summed E-state index contributed by atoms with van der Waals surface area (Å²) in [5.41, 5.74) is 0.998. The third-order valence-corrected chi connectivity index (χ3v) is 6.85. The van der Waals surface area contributed by atoms with Gasteiger partial charge in [-0.25, -0.2) is 9.07 Å². The lowest BCUT2D eigenvalue weighted by Crippen LogP contribution is -2.55. The van der Waals surface area contributed by atoms with Crippen molar-refractivity contribution in [1.29, 1.82) is 0 Å². The maximum absolute atomic E-state index is 14.0. The lowest BCUT2D eigenvalue weighted by atomic mass is 9.97. The summed E-state index contributed by atoms with van der Waals surface area (Å²) in [5, 5.41) is 29.1. The van der Waals surface area contributed by atoms with Crippen LogP contribution in [0.2, 0.25) is 0 Å². The van der Waals surface area contributed by atoms with Gasteiger partial charge in [-0.2, -0.15) is 0 Å². The van der Waals surface area contributed by atoms with Crippen LogP contribution in [0.5, 0.6) is 0 Å². The molecular formula is C21H22BrFN4O4S. The summed E-state index contributed by atoms with van der Waals surface area (Å²) in [6.45, 7) is 1.30. The van der Waals surface area contributed by atoms with E-state index in [4.69, 9.17) is 9.47 Å². The van der Waals surface area contributed by atoms with Crippen molar-refractivity contribution in [3.8, 4) is 11.3 Å². The Morgan fingerprint density at radius 3 is 2.81 bits per heavy atom. The molecule has 8 nitrogen and oxygen atoms in total. The van der Waals surface area contributed by atoms with Crippen LogP contribution in [-0.2, 0) is 9.47 Å². The number of aliphatic hydroxyl groups excluding tert-OH is 2. The summed E-state index contributed by atoms with van der Waals surface area (Å²) in [6.07, 6.45) is 2.42. The van der Waals surface area contributed by atoms with Gasteiger partial charge in [0.2, 0.25) is 0 Å². The van der Waals surface area contributed by atoms with Gasteiger partial charge in [0, 0.05) is 34.4 Å². The normalized spacial score (nSPS) is 25.8. The molecule has 11 heteroatoms. The van der Waals surface area contributed by atoms with Crippen LogP contribution in [-0.4, -0.2) is 67.7 Å². The van der Waals surface area contributed by atoms with Crippen molar-refractivity contribution in [3.63, 3.8) is 0 Å². The van der Waals surface area contributed by atoms with Crippen molar-refractivity contribution < 1.29 is 24.1 Å². The number of benzene rings is 1. The number of nitrogens with zero attached hydrogens (tertiary/aromatic N) is 4. The Kier molecular flexibility index (Phi) is 7.23. The van der Waals surface area contributed by atoms with Gasteiger partial charge in [-0.3, -0.25) is 4.98 Å². The van der Waals surface area contributed by atoms with Crippen LogP contribution in [0.15, 0.2) is 52.2 Å². The van der Waals surface area contributed by atoms with Gasteiger partial charge in [-0.05, 0) is 40.5 Å². The van der Waals surface area contributed by atoms with E-state index in [0.29, 0.717) is 16.8 Å². The van der Waals surface area contributed by atoms with Gasteiger partial charge in [0.25, 0.3) is 0 Å². The highest BCUT2D eigenvalue weighted by Crippen LogP contribution is 2.39. The summed E-state index contributed by atoms with van der Waals surface area (Å²) < 4.78 is 28.0. The van der Waals surface area contributed by atoms with Crippen molar-refractivity contribution in [3.05, 3.63) is 58.7 Å². The maximum Gasteiger partial charge on any atom is 0.136 e. The molecule has 1 aliphatic rings. The third-order valence-electron chi connectivity index (χ3n) is 5.31. The second kappa shape index (κ2) is 9.94. The number of ether oxygens (including phenoxy) is 2. The number of halogens is 2. The van der Waals surface area contributed by atoms with Crippen molar-refractivity contribution >= 4 is 27.7 Å². The van der Waals surface area contributed by atoms with Crippen molar-refractivity contribution in [2.45, 2.75) is 41.6 Å². The van der Waals surface area contributed by atoms with Gasteiger partial charge in [-0.15, -0.1) is 5.10 Å². The number of aliphatic hydroxyl groups is 2. The zero-order valence-electron chi connectivity index (χ0n) is 17.3. The molecule has 3 aromatic rings. The molecule has 4 rings (SSSR count). The molecule has 0 bridgehead atoms. The number of aromatic nitrogens is 4.